The van der Waals surface area contributed by atoms with E-state index in [1.807, 2.05) is 19.1 Å². The van der Waals surface area contributed by atoms with E-state index in [2.05, 4.69) is 20.5 Å². The van der Waals surface area contributed by atoms with Gasteiger partial charge in [0.05, 0.1) is 25.8 Å². The van der Waals surface area contributed by atoms with Crippen molar-refractivity contribution in [1.82, 2.24) is 20.5 Å². The number of hydrogen-bond donors (Lipinski definition) is 2. The molecule has 0 amide bonds. The highest BCUT2D eigenvalue weighted by molar-refractivity contribution is 14.0. The van der Waals surface area contributed by atoms with E-state index in [0.717, 1.165) is 49.7 Å². The molecule has 1 aliphatic rings. The van der Waals surface area contributed by atoms with Crippen molar-refractivity contribution < 1.29 is 9.13 Å². The average Bonchev–Trinajstić information content (AvgIpc) is 2.76. The van der Waals surface area contributed by atoms with Gasteiger partial charge in [0.2, 0.25) is 0 Å². The zero-order valence-electron chi connectivity index (χ0n) is 17.7. The summed E-state index contributed by atoms with van der Waals surface area (Å²) in [6, 6.07) is 10.6. The van der Waals surface area contributed by atoms with E-state index in [1.165, 1.54) is 6.07 Å². The van der Waals surface area contributed by atoms with Crippen molar-refractivity contribution in [2.75, 3.05) is 45.9 Å². The lowest BCUT2D eigenvalue weighted by atomic mass is 10.0. The van der Waals surface area contributed by atoms with E-state index in [0.29, 0.717) is 24.9 Å². The van der Waals surface area contributed by atoms with Gasteiger partial charge in [-0.2, -0.15) is 0 Å². The number of nitrogens with zero attached hydrogens (tertiary/aromatic N) is 3. The molecule has 9 heteroatoms. The normalized spacial score (nSPS) is 15.8. The maximum absolute atomic E-state index is 13.8. The van der Waals surface area contributed by atoms with E-state index in [-0.39, 0.29) is 35.8 Å². The Morgan fingerprint density at radius 1 is 1.26 bits per heavy atom. The van der Waals surface area contributed by atoms with Crippen LogP contribution in [0.15, 0.2) is 47.6 Å². The third-order valence-corrected chi connectivity index (χ3v) is 5.20. The van der Waals surface area contributed by atoms with Crippen LogP contribution in [-0.2, 0) is 11.2 Å². The molecular formula is C22H30ClFIN5O. The maximum Gasteiger partial charge on any atom is 0.191 e. The molecule has 6 nitrogen and oxygen atoms in total. The van der Waals surface area contributed by atoms with E-state index in [9.17, 15) is 4.39 Å². The van der Waals surface area contributed by atoms with Gasteiger partial charge in [0.1, 0.15) is 11.0 Å². The number of pyridine rings is 1. The van der Waals surface area contributed by atoms with Crippen molar-refractivity contribution in [3.63, 3.8) is 0 Å². The molecule has 0 radical (unpaired) electrons. The zero-order valence-corrected chi connectivity index (χ0v) is 20.8. The van der Waals surface area contributed by atoms with Crippen LogP contribution in [0.4, 0.5) is 4.39 Å². The van der Waals surface area contributed by atoms with Crippen molar-refractivity contribution in [2.24, 2.45) is 4.99 Å². The summed E-state index contributed by atoms with van der Waals surface area (Å²) in [5, 5.41) is 7.14. The number of nitrogens with one attached hydrogen (secondary N) is 2. The van der Waals surface area contributed by atoms with Crippen LogP contribution in [0.1, 0.15) is 24.1 Å². The number of guanidine groups is 1. The first kappa shape index (κ1) is 25.8. The van der Waals surface area contributed by atoms with E-state index < -0.39 is 0 Å². The first-order chi connectivity index (χ1) is 14.7. The zero-order chi connectivity index (χ0) is 21.2. The molecule has 2 N–H and O–H groups in total. The molecule has 1 aromatic carbocycles. The highest BCUT2D eigenvalue weighted by Crippen LogP contribution is 2.23. The number of aliphatic imine (C=N–C) groups is 1. The van der Waals surface area contributed by atoms with Crippen LogP contribution in [0, 0.1) is 5.82 Å². The third-order valence-electron chi connectivity index (χ3n) is 4.98. The summed E-state index contributed by atoms with van der Waals surface area (Å²) in [4.78, 5) is 11.2. The molecule has 0 saturated carbocycles. The smallest absolute Gasteiger partial charge is 0.191 e. The molecule has 2 heterocycles. The number of aromatic nitrogens is 1. The number of rotatable bonds is 8. The fourth-order valence-electron chi connectivity index (χ4n) is 3.43. The van der Waals surface area contributed by atoms with Crippen LogP contribution in [0.2, 0.25) is 5.15 Å². The van der Waals surface area contributed by atoms with Gasteiger partial charge in [-0.25, -0.2) is 9.37 Å². The molecule has 1 fully saturated rings. The Bertz CT molecular complexity index is 818. The Hall–Kier alpha value is -1.49. The van der Waals surface area contributed by atoms with Gasteiger partial charge >= 0.3 is 0 Å². The van der Waals surface area contributed by atoms with Crippen molar-refractivity contribution in [1.29, 1.82) is 0 Å². The van der Waals surface area contributed by atoms with Crippen molar-refractivity contribution >= 4 is 41.5 Å². The lowest BCUT2D eigenvalue weighted by molar-refractivity contribution is 0.0179. The van der Waals surface area contributed by atoms with Crippen LogP contribution < -0.4 is 10.6 Å². The van der Waals surface area contributed by atoms with Crippen LogP contribution in [-0.4, -0.2) is 61.8 Å². The molecule has 31 heavy (non-hydrogen) atoms. The van der Waals surface area contributed by atoms with Gasteiger partial charge in [-0.05, 0) is 42.7 Å². The molecule has 170 valence electrons. The van der Waals surface area contributed by atoms with Gasteiger partial charge in [0.25, 0.3) is 0 Å². The summed E-state index contributed by atoms with van der Waals surface area (Å²) in [6.45, 7) is 7.03. The topological polar surface area (TPSA) is 61.8 Å². The number of hydrogen-bond acceptors (Lipinski definition) is 4. The molecule has 2 aromatic rings. The van der Waals surface area contributed by atoms with Gasteiger partial charge in [-0.1, -0.05) is 29.8 Å². The molecule has 1 aromatic heterocycles. The van der Waals surface area contributed by atoms with Crippen molar-refractivity contribution in [2.45, 2.75) is 19.4 Å². The summed E-state index contributed by atoms with van der Waals surface area (Å²) in [5.41, 5.74) is 2.04. The minimum Gasteiger partial charge on any atom is -0.379 e. The highest BCUT2D eigenvalue weighted by atomic mass is 127. The Balaban J connectivity index is 0.00000341. The van der Waals surface area contributed by atoms with E-state index in [4.69, 9.17) is 21.3 Å². The second-order valence-corrected chi connectivity index (χ2v) is 7.49. The van der Waals surface area contributed by atoms with Crippen molar-refractivity contribution in [3.8, 4) is 0 Å². The summed E-state index contributed by atoms with van der Waals surface area (Å²) >= 11 is 5.84. The predicted molar refractivity (Wildman–Crippen MR) is 134 cm³/mol. The summed E-state index contributed by atoms with van der Waals surface area (Å²) in [7, 11) is 0. The van der Waals surface area contributed by atoms with Gasteiger partial charge in [0, 0.05) is 32.4 Å². The van der Waals surface area contributed by atoms with Gasteiger partial charge in [0.15, 0.2) is 5.96 Å². The molecule has 3 rings (SSSR count). The highest BCUT2D eigenvalue weighted by Gasteiger charge is 2.23. The monoisotopic (exact) mass is 561 g/mol. The molecule has 1 aliphatic heterocycles. The molecule has 0 spiro atoms. The van der Waals surface area contributed by atoms with Crippen LogP contribution in [0.25, 0.3) is 0 Å². The SMILES string of the molecule is CCNC(=NCC(c1cccc(F)c1)N1CCOCC1)NCCc1ccc(Cl)nc1.I. The summed E-state index contributed by atoms with van der Waals surface area (Å²) in [6.07, 6.45) is 2.60. The first-order valence-corrected chi connectivity index (χ1v) is 10.7. The predicted octanol–water partition coefficient (Wildman–Crippen LogP) is 3.66. The molecule has 0 bridgehead atoms. The van der Waals surface area contributed by atoms with E-state index in [1.54, 1.807) is 24.4 Å². The Labute approximate surface area is 205 Å². The maximum atomic E-state index is 13.8. The number of morpholine rings is 1. The third kappa shape index (κ3) is 8.51. The molecular weight excluding hydrogens is 532 g/mol. The second kappa shape index (κ2) is 13.8. The molecule has 0 aliphatic carbocycles. The quantitative estimate of drug-likeness (QED) is 0.223. The summed E-state index contributed by atoms with van der Waals surface area (Å²) < 4.78 is 19.3. The average molecular weight is 562 g/mol. The Morgan fingerprint density at radius 2 is 2.06 bits per heavy atom. The summed E-state index contributed by atoms with van der Waals surface area (Å²) in [5.74, 6) is 0.519. The first-order valence-electron chi connectivity index (χ1n) is 10.4. The standard InChI is InChI=1S/C22H29ClFN5O.HI/c1-2-25-22(26-9-8-17-6-7-21(23)27-15-17)28-16-20(29-10-12-30-13-11-29)18-4-3-5-19(24)14-18;/h3-7,14-15,20H,2,8-13,16H2,1H3,(H2,25,26,28);1H. The van der Waals surface area contributed by atoms with Gasteiger partial charge < -0.3 is 15.4 Å². The largest absolute Gasteiger partial charge is 0.379 e. The Kier molecular flexibility index (Phi) is 11.5. The fourth-order valence-corrected chi connectivity index (χ4v) is 3.55. The lowest BCUT2D eigenvalue weighted by Crippen LogP contribution is -2.42. The van der Waals surface area contributed by atoms with Crippen molar-refractivity contribution in [3.05, 3.63) is 64.7 Å². The molecule has 1 saturated heterocycles. The van der Waals surface area contributed by atoms with E-state index >= 15 is 0 Å². The Morgan fingerprint density at radius 3 is 2.74 bits per heavy atom. The lowest BCUT2D eigenvalue weighted by Gasteiger charge is -2.34. The van der Waals surface area contributed by atoms with Gasteiger partial charge in [-0.3, -0.25) is 9.89 Å². The second-order valence-electron chi connectivity index (χ2n) is 7.10. The molecule has 1 atom stereocenters. The van der Waals surface area contributed by atoms with Crippen LogP contribution in [0.3, 0.4) is 0 Å². The molecule has 1 unspecified atom stereocenters. The fraction of sp³-hybridized carbons (Fsp3) is 0.455. The van der Waals surface area contributed by atoms with Gasteiger partial charge in [-0.15, -0.1) is 24.0 Å². The number of ether oxygens (including phenoxy) is 1. The minimum absolute atomic E-state index is 0. The van der Waals surface area contributed by atoms with Crippen LogP contribution in [0.5, 0.6) is 0 Å². The minimum atomic E-state index is -0.226. The number of halogens is 3. The van der Waals surface area contributed by atoms with Crippen LogP contribution >= 0.6 is 35.6 Å². The number of benzene rings is 1.